The fourth-order valence-corrected chi connectivity index (χ4v) is 2.54. The predicted molar refractivity (Wildman–Crippen MR) is 66.7 cm³/mol. The van der Waals surface area contributed by atoms with Crippen LogP contribution in [0.2, 0.25) is 0 Å². The number of nitrogens with zero attached hydrogens (tertiary/aromatic N) is 2. The van der Waals surface area contributed by atoms with Crippen LogP contribution in [0.5, 0.6) is 0 Å². The summed E-state index contributed by atoms with van der Waals surface area (Å²) >= 11 is 3.01. The van der Waals surface area contributed by atoms with Gasteiger partial charge in [0.15, 0.2) is 5.82 Å². The van der Waals surface area contributed by atoms with Gasteiger partial charge >= 0.3 is 0 Å². The molecule has 0 fully saturated rings. The molecule has 0 aliphatic carbocycles. The summed E-state index contributed by atoms with van der Waals surface area (Å²) in [6.07, 6.45) is 1.10. The van der Waals surface area contributed by atoms with E-state index in [0.29, 0.717) is 0 Å². The van der Waals surface area contributed by atoms with Crippen LogP contribution in [-0.4, -0.2) is 15.3 Å². The molecule has 0 aromatic carbocycles. The fraction of sp³-hybridized carbons (Fsp3) is 0.400. The Balaban J connectivity index is 2.24. The highest BCUT2D eigenvalue weighted by molar-refractivity contribution is 7.10. The van der Waals surface area contributed by atoms with Gasteiger partial charge in [-0.3, -0.25) is 0 Å². The number of rotatable bonds is 4. The lowest BCUT2D eigenvalue weighted by Gasteiger charge is -2.01. The van der Waals surface area contributed by atoms with Crippen LogP contribution in [0, 0.1) is 6.92 Å². The van der Waals surface area contributed by atoms with Crippen molar-refractivity contribution < 1.29 is 0 Å². The second kappa shape index (κ2) is 4.72. The van der Waals surface area contributed by atoms with E-state index in [1.54, 1.807) is 11.3 Å². The molecule has 0 unspecified atom stereocenters. The molecule has 5 heteroatoms. The van der Waals surface area contributed by atoms with E-state index in [2.05, 4.69) is 39.4 Å². The van der Waals surface area contributed by atoms with Crippen molar-refractivity contribution in [3.05, 3.63) is 16.3 Å². The third-order valence-corrected chi connectivity index (χ3v) is 3.42. The maximum Gasteiger partial charge on any atom is 0.168 e. The zero-order valence-electron chi connectivity index (χ0n) is 8.78. The molecule has 2 heterocycles. The summed E-state index contributed by atoms with van der Waals surface area (Å²) < 4.78 is 8.59. The first-order valence-corrected chi connectivity index (χ1v) is 6.54. The monoisotopic (exact) mass is 239 g/mol. The van der Waals surface area contributed by atoms with Gasteiger partial charge in [-0.2, -0.15) is 8.75 Å². The number of hydrogen-bond donors (Lipinski definition) is 1. The smallest absolute Gasteiger partial charge is 0.168 e. The molecule has 2 aromatic heterocycles. The van der Waals surface area contributed by atoms with Gasteiger partial charge in [0.2, 0.25) is 0 Å². The van der Waals surface area contributed by atoms with Gasteiger partial charge in [-0.1, -0.05) is 6.92 Å². The van der Waals surface area contributed by atoms with Crippen LogP contribution in [0.1, 0.15) is 18.2 Å². The molecule has 0 spiro atoms. The average molecular weight is 239 g/mol. The summed E-state index contributed by atoms with van der Waals surface area (Å²) in [6.45, 7) is 5.19. The van der Waals surface area contributed by atoms with E-state index in [9.17, 15) is 0 Å². The minimum atomic E-state index is 0.916. The van der Waals surface area contributed by atoms with E-state index in [1.165, 1.54) is 22.2 Å². The molecule has 0 aliphatic heterocycles. The van der Waals surface area contributed by atoms with Crippen LogP contribution < -0.4 is 5.32 Å². The zero-order valence-corrected chi connectivity index (χ0v) is 10.4. The normalized spacial score (nSPS) is 10.5. The highest BCUT2D eigenvalue weighted by Gasteiger charge is 2.10. The van der Waals surface area contributed by atoms with Gasteiger partial charge in [0.05, 0.1) is 11.7 Å². The SMILES string of the molecule is CCCNc1nsnc1-c1csc(C)c1. The molecule has 0 atom stereocenters. The number of anilines is 1. The molecule has 0 saturated heterocycles. The first-order valence-electron chi connectivity index (χ1n) is 4.93. The minimum Gasteiger partial charge on any atom is -0.367 e. The maximum atomic E-state index is 4.33. The summed E-state index contributed by atoms with van der Waals surface area (Å²) in [5.74, 6) is 0.916. The van der Waals surface area contributed by atoms with Crippen molar-refractivity contribution in [1.29, 1.82) is 0 Å². The number of thiophene rings is 1. The molecule has 0 bridgehead atoms. The fourth-order valence-electron chi connectivity index (χ4n) is 1.30. The quantitative estimate of drug-likeness (QED) is 0.888. The largest absolute Gasteiger partial charge is 0.367 e. The summed E-state index contributed by atoms with van der Waals surface area (Å²) in [7, 11) is 0. The van der Waals surface area contributed by atoms with Gasteiger partial charge in [0, 0.05) is 22.4 Å². The highest BCUT2D eigenvalue weighted by Crippen LogP contribution is 2.29. The average Bonchev–Trinajstić information content (AvgIpc) is 2.82. The van der Waals surface area contributed by atoms with E-state index < -0.39 is 0 Å². The topological polar surface area (TPSA) is 37.8 Å². The Morgan fingerprint density at radius 1 is 1.40 bits per heavy atom. The molecule has 15 heavy (non-hydrogen) atoms. The standard InChI is InChI=1S/C10H13N3S2/c1-3-4-11-10-9(12-15-13-10)8-5-7(2)14-6-8/h5-6H,3-4H2,1-2H3,(H,11,13). The Morgan fingerprint density at radius 2 is 2.27 bits per heavy atom. The van der Waals surface area contributed by atoms with Gasteiger partial charge in [0.1, 0.15) is 5.69 Å². The predicted octanol–water partition coefficient (Wildman–Crippen LogP) is 3.40. The summed E-state index contributed by atoms with van der Waals surface area (Å²) in [5, 5.41) is 5.42. The molecule has 0 amide bonds. The van der Waals surface area contributed by atoms with Crippen molar-refractivity contribution >= 4 is 28.9 Å². The summed E-state index contributed by atoms with van der Waals surface area (Å²) in [6, 6.07) is 2.15. The Hall–Kier alpha value is -0.940. The van der Waals surface area contributed by atoms with E-state index in [-0.39, 0.29) is 0 Å². The Kier molecular flexibility index (Phi) is 3.33. The second-order valence-electron chi connectivity index (χ2n) is 3.33. The van der Waals surface area contributed by atoms with Crippen LogP contribution in [0.4, 0.5) is 5.82 Å². The van der Waals surface area contributed by atoms with E-state index >= 15 is 0 Å². The van der Waals surface area contributed by atoms with E-state index in [4.69, 9.17) is 0 Å². The number of aryl methyl sites for hydroxylation is 1. The molecule has 1 N–H and O–H groups in total. The minimum absolute atomic E-state index is 0.916. The van der Waals surface area contributed by atoms with Crippen LogP contribution in [-0.2, 0) is 0 Å². The molecule has 80 valence electrons. The lowest BCUT2D eigenvalue weighted by molar-refractivity contribution is 0.974. The molecular formula is C10H13N3S2. The van der Waals surface area contributed by atoms with Crippen molar-refractivity contribution in [2.45, 2.75) is 20.3 Å². The molecule has 2 rings (SSSR count). The van der Waals surface area contributed by atoms with E-state index in [0.717, 1.165) is 24.5 Å². The molecular weight excluding hydrogens is 226 g/mol. The van der Waals surface area contributed by atoms with Crippen LogP contribution in [0.3, 0.4) is 0 Å². The zero-order chi connectivity index (χ0) is 10.7. The maximum absolute atomic E-state index is 4.33. The van der Waals surface area contributed by atoms with Crippen LogP contribution in [0.25, 0.3) is 11.3 Å². The third-order valence-electron chi connectivity index (χ3n) is 2.03. The van der Waals surface area contributed by atoms with Crippen LogP contribution in [0.15, 0.2) is 11.4 Å². The third kappa shape index (κ3) is 2.35. The van der Waals surface area contributed by atoms with Crippen molar-refractivity contribution in [3.8, 4) is 11.3 Å². The van der Waals surface area contributed by atoms with Crippen molar-refractivity contribution in [1.82, 2.24) is 8.75 Å². The lowest BCUT2D eigenvalue weighted by Crippen LogP contribution is -2.00. The van der Waals surface area contributed by atoms with Crippen molar-refractivity contribution in [2.24, 2.45) is 0 Å². The summed E-state index contributed by atoms with van der Waals surface area (Å²) in [4.78, 5) is 1.31. The van der Waals surface area contributed by atoms with Gasteiger partial charge < -0.3 is 5.32 Å². The Bertz CT molecular complexity index is 433. The van der Waals surface area contributed by atoms with Gasteiger partial charge in [-0.05, 0) is 19.4 Å². The number of nitrogens with one attached hydrogen (secondary N) is 1. The Morgan fingerprint density at radius 3 is 2.93 bits per heavy atom. The van der Waals surface area contributed by atoms with Gasteiger partial charge in [-0.25, -0.2) is 0 Å². The van der Waals surface area contributed by atoms with E-state index in [1.807, 2.05) is 0 Å². The highest BCUT2D eigenvalue weighted by atomic mass is 32.1. The molecule has 3 nitrogen and oxygen atoms in total. The van der Waals surface area contributed by atoms with Crippen LogP contribution >= 0.6 is 23.1 Å². The number of aromatic nitrogens is 2. The van der Waals surface area contributed by atoms with Gasteiger partial charge in [0.25, 0.3) is 0 Å². The first-order chi connectivity index (χ1) is 7.31. The lowest BCUT2D eigenvalue weighted by atomic mass is 10.2. The summed E-state index contributed by atoms with van der Waals surface area (Å²) in [5.41, 5.74) is 2.16. The number of hydrogen-bond acceptors (Lipinski definition) is 5. The molecule has 0 aliphatic rings. The van der Waals surface area contributed by atoms with Gasteiger partial charge in [-0.15, -0.1) is 11.3 Å². The second-order valence-corrected chi connectivity index (χ2v) is 4.98. The first kappa shape index (κ1) is 10.6. The molecule has 0 radical (unpaired) electrons. The van der Waals surface area contributed by atoms with Crippen molar-refractivity contribution in [2.75, 3.05) is 11.9 Å². The van der Waals surface area contributed by atoms with Crippen molar-refractivity contribution in [3.63, 3.8) is 0 Å². The Labute approximate surface area is 97.5 Å². The molecule has 0 saturated carbocycles. The molecule has 2 aromatic rings.